The first kappa shape index (κ1) is 16.5. The van der Waals surface area contributed by atoms with Crippen molar-refractivity contribution in [2.75, 3.05) is 25.0 Å². The average molecular weight is 298 g/mol. The van der Waals surface area contributed by atoms with Crippen molar-refractivity contribution in [2.24, 2.45) is 0 Å². The molecule has 0 aliphatic carbocycles. The fourth-order valence-corrected chi connectivity index (χ4v) is 2.21. The van der Waals surface area contributed by atoms with Gasteiger partial charge in [-0.3, -0.25) is 9.59 Å². The molecule has 1 aliphatic heterocycles. The number of hydrogen-bond acceptors (Lipinski definition) is 3. The van der Waals surface area contributed by atoms with Crippen molar-refractivity contribution in [1.29, 1.82) is 0 Å². The Morgan fingerprint density at radius 3 is 2.50 bits per heavy atom. The number of anilines is 1. The van der Waals surface area contributed by atoms with Crippen LogP contribution in [0.4, 0.5) is 5.69 Å². The first-order chi connectivity index (χ1) is 9.08. The Bertz CT molecular complexity index is 476. The molecule has 1 saturated heterocycles. The van der Waals surface area contributed by atoms with E-state index in [4.69, 9.17) is 0 Å². The predicted molar refractivity (Wildman–Crippen MR) is 81.4 cm³/mol. The molecule has 20 heavy (non-hydrogen) atoms. The molecule has 1 heterocycles. The number of amides is 2. The highest BCUT2D eigenvalue weighted by Crippen LogP contribution is 2.14. The van der Waals surface area contributed by atoms with Crippen LogP contribution in [0.2, 0.25) is 0 Å². The fourth-order valence-electron chi connectivity index (χ4n) is 2.21. The second-order valence-electron chi connectivity index (χ2n) is 4.81. The van der Waals surface area contributed by atoms with Crippen LogP contribution in [0.1, 0.15) is 24.2 Å². The zero-order valence-corrected chi connectivity index (χ0v) is 12.5. The molecule has 1 unspecified atom stereocenters. The van der Waals surface area contributed by atoms with Gasteiger partial charge in [-0.05, 0) is 31.2 Å². The van der Waals surface area contributed by atoms with Crippen molar-refractivity contribution < 1.29 is 9.59 Å². The first-order valence-corrected chi connectivity index (χ1v) is 6.47. The van der Waals surface area contributed by atoms with Gasteiger partial charge in [0.2, 0.25) is 5.91 Å². The number of carbonyl (C=O) groups is 2. The van der Waals surface area contributed by atoms with Crippen molar-refractivity contribution in [2.45, 2.75) is 19.9 Å². The molecule has 0 bridgehead atoms. The summed E-state index contributed by atoms with van der Waals surface area (Å²) in [6.07, 6.45) is 0. The van der Waals surface area contributed by atoms with Crippen LogP contribution in [0, 0.1) is 0 Å². The third-order valence-electron chi connectivity index (χ3n) is 3.21. The van der Waals surface area contributed by atoms with E-state index in [0.717, 1.165) is 19.6 Å². The van der Waals surface area contributed by atoms with E-state index in [2.05, 4.69) is 10.6 Å². The maximum atomic E-state index is 12.4. The maximum Gasteiger partial charge on any atom is 0.254 e. The van der Waals surface area contributed by atoms with Crippen LogP contribution >= 0.6 is 12.4 Å². The molecular formula is C14H20ClN3O2. The maximum absolute atomic E-state index is 12.4. The third-order valence-corrected chi connectivity index (χ3v) is 3.21. The summed E-state index contributed by atoms with van der Waals surface area (Å²) in [5.74, 6) is -0.0711. The summed E-state index contributed by atoms with van der Waals surface area (Å²) in [6.45, 7) is 5.89. The lowest BCUT2D eigenvalue weighted by Gasteiger charge is -2.34. The first-order valence-electron chi connectivity index (χ1n) is 6.47. The summed E-state index contributed by atoms with van der Waals surface area (Å²) >= 11 is 0. The largest absolute Gasteiger partial charge is 0.333 e. The van der Waals surface area contributed by atoms with Crippen LogP contribution in [-0.4, -0.2) is 42.4 Å². The summed E-state index contributed by atoms with van der Waals surface area (Å²) in [4.78, 5) is 25.2. The summed E-state index contributed by atoms with van der Waals surface area (Å²) in [5, 5.41) is 5.95. The van der Waals surface area contributed by atoms with E-state index in [1.807, 2.05) is 11.8 Å². The van der Waals surface area contributed by atoms with Crippen LogP contribution in [0.3, 0.4) is 0 Å². The molecule has 1 aromatic rings. The van der Waals surface area contributed by atoms with E-state index in [1.165, 1.54) is 6.92 Å². The molecule has 2 N–H and O–H groups in total. The molecule has 0 spiro atoms. The lowest BCUT2D eigenvalue weighted by Crippen LogP contribution is -2.52. The summed E-state index contributed by atoms with van der Waals surface area (Å²) < 4.78 is 0. The van der Waals surface area contributed by atoms with Gasteiger partial charge < -0.3 is 15.5 Å². The molecule has 110 valence electrons. The standard InChI is InChI=1S/C14H19N3O2.ClH/c1-10-9-15-7-8-17(10)14(19)12-3-5-13(6-4-12)16-11(2)18;/h3-6,10,15H,7-9H2,1-2H3,(H,16,18);1H. The van der Waals surface area contributed by atoms with Crippen molar-refractivity contribution in [3.63, 3.8) is 0 Å². The Morgan fingerprint density at radius 2 is 1.95 bits per heavy atom. The van der Waals surface area contributed by atoms with Gasteiger partial charge in [-0.2, -0.15) is 0 Å². The molecule has 1 fully saturated rings. The quantitative estimate of drug-likeness (QED) is 0.870. The highest BCUT2D eigenvalue weighted by Gasteiger charge is 2.23. The number of halogens is 1. The Labute approximate surface area is 125 Å². The van der Waals surface area contributed by atoms with Crippen molar-refractivity contribution in [3.8, 4) is 0 Å². The second kappa shape index (κ2) is 7.26. The molecule has 1 aromatic carbocycles. The van der Waals surface area contributed by atoms with E-state index in [0.29, 0.717) is 11.3 Å². The normalized spacial score (nSPS) is 18.1. The van der Waals surface area contributed by atoms with Gasteiger partial charge in [0.15, 0.2) is 0 Å². The molecule has 1 atom stereocenters. The number of nitrogens with one attached hydrogen (secondary N) is 2. The minimum Gasteiger partial charge on any atom is -0.333 e. The predicted octanol–water partition coefficient (Wildman–Crippen LogP) is 1.50. The van der Waals surface area contributed by atoms with Crippen molar-refractivity contribution >= 4 is 29.9 Å². The van der Waals surface area contributed by atoms with Crippen molar-refractivity contribution in [3.05, 3.63) is 29.8 Å². The van der Waals surface area contributed by atoms with Gasteiger partial charge in [0.25, 0.3) is 5.91 Å². The van der Waals surface area contributed by atoms with Gasteiger partial charge in [0.1, 0.15) is 0 Å². The second-order valence-corrected chi connectivity index (χ2v) is 4.81. The molecule has 2 rings (SSSR count). The Kier molecular flexibility index (Phi) is 5.98. The van der Waals surface area contributed by atoms with E-state index in [1.54, 1.807) is 24.3 Å². The molecular weight excluding hydrogens is 278 g/mol. The minimum absolute atomic E-state index is 0. The van der Waals surface area contributed by atoms with Crippen molar-refractivity contribution in [1.82, 2.24) is 10.2 Å². The van der Waals surface area contributed by atoms with E-state index in [-0.39, 0.29) is 30.3 Å². The Morgan fingerprint density at radius 1 is 1.30 bits per heavy atom. The SMILES string of the molecule is CC(=O)Nc1ccc(C(=O)N2CCNCC2C)cc1.Cl. The van der Waals surface area contributed by atoms with Crippen LogP contribution in [0.25, 0.3) is 0 Å². The van der Waals surface area contributed by atoms with Gasteiger partial charge in [-0.25, -0.2) is 0 Å². The lowest BCUT2D eigenvalue weighted by atomic mass is 10.1. The van der Waals surface area contributed by atoms with E-state index in [9.17, 15) is 9.59 Å². The third kappa shape index (κ3) is 3.95. The van der Waals surface area contributed by atoms with Gasteiger partial charge >= 0.3 is 0 Å². The van der Waals surface area contributed by atoms with Crippen LogP contribution < -0.4 is 10.6 Å². The minimum atomic E-state index is -0.116. The van der Waals surface area contributed by atoms with Gasteiger partial charge in [-0.1, -0.05) is 0 Å². The number of piperazine rings is 1. The van der Waals surface area contributed by atoms with Crippen LogP contribution in [0.15, 0.2) is 24.3 Å². The zero-order valence-electron chi connectivity index (χ0n) is 11.7. The molecule has 6 heteroatoms. The topological polar surface area (TPSA) is 61.4 Å². The average Bonchev–Trinajstić information content (AvgIpc) is 2.39. The number of rotatable bonds is 2. The van der Waals surface area contributed by atoms with Crippen LogP contribution in [0.5, 0.6) is 0 Å². The number of nitrogens with zero attached hydrogens (tertiary/aromatic N) is 1. The highest BCUT2D eigenvalue weighted by molar-refractivity contribution is 5.95. The smallest absolute Gasteiger partial charge is 0.254 e. The molecule has 1 aliphatic rings. The summed E-state index contributed by atoms with van der Waals surface area (Å²) in [7, 11) is 0. The summed E-state index contributed by atoms with van der Waals surface area (Å²) in [6, 6.07) is 7.21. The van der Waals surface area contributed by atoms with Crippen LogP contribution in [-0.2, 0) is 4.79 Å². The molecule has 5 nitrogen and oxygen atoms in total. The summed E-state index contributed by atoms with van der Waals surface area (Å²) in [5.41, 5.74) is 1.36. The van der Waals surface area contributed by atoms with E-state index >= 15 is 0 Å². The molecule has 0 radical (unpaired) electrons. The number of benzene rings is 1. The monoisotopic (exact) mass is 297 g/mol. The number of hydrogen-bond donors (Lipinski definition) is 2. The van der Waals surface area contributed by atoms with Gasteiger partial charge in [0.05, 0.1) is 0 Å². The van der Waals surface area contributed by atoms with E-state index < -0.39 is 0 Å². The van der Waals surface area contributed by atoms with Gasteiger partial charge in [0, 0.05) is 43.9 Å². The molecule has 0 saturated carbocycles. The lowest BCUT2D eigenvalue weighted by molar-refractivity contribution is -0.114. The fraction of sp³-hybridized carbons (Fsp3) is 0.429. The Hall–Kier alpha value is -1.59. The highest BCUT2D eigenvalue weighted by atomic mass is 35.5. The molecule has 0 aromatic heterocycles. The Balaban J connectivity index is 0.00000200. The molecule has 2 amide bonds. The number of carbonyl (C=O) groups excluding carboxylic acids is 2. The van der Waals surface area contributed by atoms with Gasteiger partial charge in [-0.15, -0.1) is 12.4 Å². The zero-order chi connectivity index (χ0) is 13.8.